The van der Waals surface area contributed by atoms with Crippen LogP contribution in [-0.2, 0) is 14.4 Å². The Morgan fingerprint density at radius 1 is 1.16 bits per heavy atom. The first kappa shape index (κ1) is 14.0. The largest absolute Gasteiger partial charge is 0.327 e. The molecule has 0 spiro atoms. The summed E-state index contributed by atoms with van der Waals surface area (Å²) in [5.41, 5.74) is 6.04. The van der Waals surface area contributed by atoms with Crippen molar-refractivity contribution in [1.29, 1.82) is 0 Å². The van der Waals surface area contributed by atoms with Crippen molar-refractivity contribution in [2.45, 2.75) is 32.7 Å². The van der Waals surface area contributed by atoms with E-state index in [-0.39, 0.29) is 36.9 Å². The second-order valence-electron chi connectivity index (χ2n) is 5.86. The molecule has 3 N–H and O–H groups in total. The molecule has 6 nitrogen and oxygen atoms in total. The van der Waals surface area contributed by atoms with Crippen LogP contribution in [-0.4, -0.2) is 41.8 Å². The lowest BCUT2D eigenvalue weighted by molar-refractivity contribution is -0.149. The van der Waals surface area contributed by atoms with Crippen molar-refractivity contribution in [3.05, 3.63) is 0 Å². The van der Waals surface area contributed by atoms with E-state index in [1.807, 2.05) is 6.92 Å². The van der Waals surface area contributed by atoms with E-state index < -0.39 is 11.8 Å². The molecule has 0 aromatic heterocycles. The first-order valence-electron chi connectivity index (χ1n) is 6.75. The van der Waals surface area contributed by atoms with Crippen LogP contribution in [0.3, 0.4) is 0 Å². The predicted octanol–water partition coefficient (Wildman–Crippen LogP) is -0.519. The van der Waals surface area contributed by atoms with Gasteiger partial charge in [-0.25, -0.2) is 0 Å². The predicted molar refractivity (Wildman–Crippen MR) is 68.8 cm³/mol. The number of nitrogens with zero attached hydrogens (tertiary/aromatic N) is 1. The van der Waals surface area contributed by atoms with Crippen LogP contribution in [0, 0.1) is 17.8 Å². The highest BCUT2D eigenvalue weighted by atomic mass is 16.2. The van der Waals surface area contributed by atoms with Gasteiger partial charge in [-0.05, 0) is 24.7 Å². The number of nitrogens with two attached hydrogens (primary N) is 1. The Hall–Kier alpha value is -1.43. The summed E-state index contributed by atoms with van der Waals surface area (Å²) >= 11 is 0. The number of amides is 3. The number of carbonyl (C=O) groups excluding carboxylic acids is 3. The second-order valence-corrected chi connectivity index (χ2v) is 5.86. The maximum absolute atomic E-state index is 12.4. The van der Waals surface area contributed by atoms with E-state index in [9.17, 15) is 14.4 Å². The molecule has 4 unspecified atom stereocenters. The molecule has 2 fully saturated rings. The third-order valence-corrected chi connectivity index (χ3v) is 4.26. The lowest BCUT2D eigenvalue weighted by Crippen LogP contribution is -2.56. The van der Waals surface area contributed by atoms with Crippen LogP contribution in [0.4, 0.5) is 0 Å². The Morgan fingerprint density at radius 2 is 1.74 bits per heavy atom. The van der Waals surface area contributed by atoms with E-state index in [1.165, 1.54) is 4.90 Å². The molecular weight excluding hydrogens is 246 g/mol. The quantitative estimate of drug-likeness (QED) is 0.625. The van der Waals surface area contributed by atoms with Gasteiger partial charge in [-0.2, -0.15) is 0 Å². The summed E-state index contributed by atoms with van der Waals surface area (Å²) in [6.45, 7) is 4.08. The van der Waals surface area contributed by atoms with Crippen molar-refractivity contribution in [2.75, 3.05) is 13.1 Å². The summed E-state index contributed by atoms with van der Waals surface area (Å²) in [5.74, 6) is -0.466. The summed E-state index contributed by atoms with van der Waals surface area (Å²) in [7, 11) is 0. The molecule has 1 saturated heterocycles. The molecule has 1 saturated carbocycles. The van der Waals surface area contributed by atoms with Crippen molar-refractivity contribution >= 4 is 17.7 Å². The summed E-state index contributed by atoms with van der Waals surface area (Å²) in [4.78, 5) is 36.4. The SMILES string of the molecule is CC1CC(C)C(C(=O)N2CC(=O)NC(=O)C2)CC1N. The van der Waals surface area contributed by atoms with Crippen molar-refractivity contribution in [3.8, 4) is 0 Å². The molecular formula is C13H21N3O3. The number of carbonyl (C=O) groups is 3. The topological polar surface area (TPSA) is 92.5 Å². The highest BCUT2D eigenvalue weighted by Gasteiger charge is 2.38. The van der Waals surface area contributed by atoms with Gasteiger partial charge in [-0.1, -0.05) is 13.8 Å². The van der Waals surface area contributed by atoms with Gasteiger partial charge >= 0.3 is 0 Å². The van der Waals surface area contributed by atoms with Gasteiger partial charge in [0.05, 0.1) is 0 Å². The standard InChI is InChI=1S/C13H21N3O3/c1-7-3-8(2)10(14)4-9(7)13(19)16-5-11(17)15-12(18)6-16/h7-10H,3-6,14H2,1-2H3,(H,15,17,18). The average Bonchev–Trinajstić information content (AvgIpc) is 2.31. The van der Waals surface area contributed by atoms with E-state index in [0.29, 0.717) is 12.3 Å². The van der Waals surface area contributed by atoms with Crippen molar-refractivity contribution in [3.63, 3.8) is 0 Å². The molecule has 0 aromatic rings. The van der Waals surface area contributed by atoms with Crippen LogP contribution in [0.15, 0.2) is 0 Å². The Bertz CT molecular complexity index is 394. The molecule has 4 atom stereocenters. The van der Waals surface area contributed by atoms with Gasteiger partial charge in [0.2, 0.25) is 17.7 Å². The lowest BCUT2D eigenvalue weighted by Gasteiger charge is -2.39. The molecule has 1 heterocycles. The first-order valence-corrected chi connectivity index (χ1v) is 6.75. The molecule has 1 aliphatic heterocycles. The minimum Gasteiger partial charge on any atom is -0.327 e. The number of nitrogens with one attached hydrogen (secondary N) is 1. The minimum absolute atomic E-state index is 0.0134. The van der Waals surface area contributed by atoms with E-state index in [4.69, 9.17) is 5.73 Å². The zero-order valence-electron chi connectivity index (χ0n) is 11.4. The third-order valence-electron chi connectivity index (χ3n) is 4.26. The van der Waals surface area contributed by atoms with Gasteiger partial charge in [0.15, 0.2) is 0 Å². The van der Waals surface area contributed by atoms with Crippen LogP contribution in [0.1, 0.15) is 26.7 Å². The lowest BCUT2D eigenvalue weighted by atomic mass is 9.72. The Kier molecular flexibility index (Phi) is 3.89. The highest BCUT2D eigenvalue weighted by molar-refractivity contribution is 6.02. The Balaban J connectivity index is 2.06. The fourth-order valence-corrected chi connectivity index (χ4v) is 3.06. The fourth-order valence-electron chi connectivity index (χ4n) is 3.06. The number of hydrogen-bond acceptors (Lipinski definition) is 4. The number of rotatable bonds is 1. The van der Waals surface area contributed by atoms with E-state index in [2.05, 4.69) is 12.2 Å². The van der Waals surface area contributed by atoms with Gasteiger partial charge in [0.25, 0.3) is 0 Å². The molecule has 2 rings (SSSR count). The molecule has 0 radical (unpaired) electrons. The summed E-state index contributed by atoms with van der Waals surface area (Å²) < 4.78 is 0. The van der Waals surface area contributed by atoms with Gasteiger partial charge in [-0.3, -0.25) is 19.7 Å². The second kappa shape index (κ2) is 5.28. The zero-order chi connectivity index (χ0) is 14.2. The summed E-state index contributed by atoms with van der Waals surface area (Å²) in [6, 6.07) is 0.0134. The zero-order valence-corrected chi connectivity index (χ0v) is 11.4. The van der Waals surface area contributed by atoms with Crippen molar-refractivity contribution in [2.24, 2.45) is 23.5 Å². The van der Waals surface area contributed by atoms with Crippen molar-refractivity contribution in [1.82, 2.24) is 10.2 Å². The smallest absolute Gasteiger partial charge is 0.246 e. The fraction of sp³-hybridized carbons (Fsp3) is 0.769. The van der Waals surface area contributed by atoms with Crippen LogP contribution in [0.5, 0.6) is 0 Å². The number of piperazine rings is 1. The Labute approximate surface area is 112 Å². The van der Waals surface area contributed by atoms with Gasteiger partial charge in [0.1, 0.15) is 13.1 Å². The average molecular weight is 267 g/mol. The van der Waals surface area contributed by atoms with Gasteiger partial charge < -0.3 is 10.6 Å². The van der Waals surface area contributed by atoms with E-state index >= 15 is 0 Å². The molecule has 0 aromatic carbocycles. The van der Waals surface area contributed by atoms with Crippen LogP contribution >= 0.6 is 0 Å². The Morgan fingerprint density at radius 3 is 2.32 bits per heavy atom. The van der Waals surface area contributed by atoms with Crippen molar-refractivity contribution < 1.29 is 14.4 Å². The maximum Gasteiger partial charge on any atom is 0.246 e. The molecule has 0 bridgehead atoms. The molecule has 106 valence electrons. The van der Waals surface area contributed by atoms with Crippen LogP contribution in [0.2, 0.25) is 0 Å². The summed E-state index contributed by atoms with van der Waals surface area (Å²) in [5, 5.41) is 2.20. The highest BCUT2D eigenvalue weighted by Crippen LogP contribution is 2.34. The molecule has 19 heavy (non-hydrogen) atoms. The maximum atomic E-state index is 12.4. The van der Waals surface area contributed by atoms with E-state index in [0.717, 1.165) is 6.42 Å². The molecule has 6 heteroatoms. The monoisotopic (exact) mass is 267 g/mol. The molecule has 2 aliphatic rings. The van der Waals surface area contributed by atoms with Gasteiger partial charge in [0, 0.05) is 12.0 Å². The minimum atomic E-state index is -0.411. The van der Waals surface area contributed by atoms with E-state index in [1.54, 1.807) is 0 Å². The molecule has 3 amide bonds. The van der Waals surface area contributed by atoms with Crippen LogP contribution < -0.4 is 11.1 Å². The normalized spacial score (nSPS) is 36.1. The first-order chi connectivity index (χ1) is 8.88. The van der Waals surface area contributed by atoms with Gasteiger partial charge in [-0.15, -0.1) is 0 Å². The number of hydrogen-bond donors (Lipinski definition) is 2. The third kappa shape index (κ3) is 2.94. The number of imide groups is 1. The molecule has 1 aliphatic carbocycles. The van der Waals surface area contributed by atoms with Crippen LogP contribution in [0.25, 0.3) is 0 Å². The summed E-state index contributed by atoms with van der Waals surface area (Å²) in [6.07, 6.45) is 1.54.